The van der Waals surface area contributed by atoms with Gasteiger partial charge in [-0.1, -0.05) is 24.3 Å². The van der Waals surface area contributed by atoms with Crippen LogP contribution in [0.15, 0.2) is 52.9 Å². The number of carbonyl (C=O) groups is 2. The maximum Gasteiger partial charge on any atom is 0.416 e. The first-order valence-electron chi connectivity index (χ1n) is 10.6. The Balaban J connectivity index is 1.34. The van der Waals surface area contributed by atoms with Gasteiger partial charge in [0.1, 0.15) is 5.58 Å². The van der Waals surface area contributed by atoms with Gasteiger partial charge in [0.15, 0.2) is 6.61 Å². The minimum Gasteiger partial charge on any atom is -0.450 e. The Kier molecular flexibility index (Phi) is 6.78. The molecule has 2 aromatic carbocycles. The molecule has 0 unspecified atom stereocenters. The second-order valence-electron chi connectivity index (χ2n) is 7.83. The van der Waals surface area contributed by atoms with Crippen LogP contribution in [0.2, 0.25) is 0 Å². The lowest BCUT2D eigenvalue weighted by atomic mass is 10.1. The van der Waals surface area contributed by atoms with E-state index >= 15 is 0 Å². The third-order valence-corrected chi connectivity index (χ3v) is 5.67. The number of alkyl halides is 3. The van der Waals surface area contributed by atoms with Crippen LogP contribution in [0.1, 0.15) is 21.7 Å². The number of benzene rings is 2. The number of nitrogens with zero attached hydrogens (tertiary/aromatic N) is 2. The largest absolute Gasteiger partial charge is 0.450 e. The molecule has 1 fully saturated rings. The minimum atomic E-state index is -4.42. The van der Waals surface area contributed by atoms with Crippen LogP contribution in [0.5, 0.6) is 0 Å². The van der Waals surface area contributed by atoms with Gasteiger partial charge in [-0.15, -0.1) is 0 Å². The van der Waals surface area contributed by atoms with E-state index in [-0.39, 0.29) is 18.3 Å². The highest BCUT2D eigenvalue weighted by Crippen LogP contribution is 2.32. The average molecular weight is 476 g/mol. The fraction of sp³-hybridized carbons (Fsp3) is 0.333. The molecule has 1 amide bonds. The first-order chi connectivity index (χ1) is 16.3. The molecule has 1 aliphatic heterocycles. The van der Waals surface area contributed by atoms with Crippen molar-refractivity contribution >= 4 is 28.5 Å². The number of hydrogen-bond donors (Lipinski definition) is 0. The predicted octanol–water partition coefficient (Wildman–Crippen LogP) is 4.10. The van der Waals surface area contributed by atoms with Crippen LogP contribution in [-0.2, 0) is 27.1 Å². The van der Waals surface area contributed by atoms with Crippen molar-refractivity contribution in [3.63, 3.8) is 0 Å². The molecule has 0 radical (unpaired) electrons. The van der Waals surface area contributed by atoms with E-state index in [0.29, 0.717) is 43.0 Å². The van der Waals surface area contributed by atoms with Gasteiger partial charge in [-0.2, -0.15) is 13.2 Å². The lowest BCUT2D eigenvalue weighted by Crippen LogP contribution is -2.50. The predicted molar refractivity (Wildman–Crippen MR) is 117 cm³/mol. The van der Waals surface area contributed by atoms with E-state index in [1.54, 1.807) is 29.2 Å². The first-order valence-corrected chi connectivity index (χ1v) is 10.6. The van der Waals surface area contributed by atoms with Gasteiger partial charge in [0, 0.05) is 49.9 Å². The lowest BCUT2D eigenvalue weighted by Gasteiger charge is -2.36. The molecular weight excluding hydrogens is 453 g/mol. The molecule has 10 heteroatoms. The number of hydrogen-bond acceptors (Lipinski definition) is 6. The molecule has 0 N–H and O–H groups in total. The zero-order chi connectivity index (χ0) is 24.3. The van der Waals surface area contributed by atoms with Crippen LogP contribution < -0.4 is 4.90 Å². The van der Waals surface area contributed by atoms with Crippen LogP contribution in [0.3, 0.4) is 0 Å². The molecule has 2 heterocycles. The van der Waals surface area contributed by atoms with Crippen molar-refractivity contribution in [3.05, 3.63) is 65.4 Å². The minimum absolute atomic E-state index is 0.00906. The Morgan fingerprint density at radius 2 is 1.76 bits per heavy atom. The van der Waals surface area contributed by atoms with Crippen molar-refractivity contribution in [2.45, 2.75) is 12.8 Å². The zero-order valence-electron chi connectivity index (χ0n) is 18.4. The summed E-state index contributed by atoms with van der Waals surface area (Å²) in [7, 11) is 1.50. The molecule has 7 nitrogen and oxygen atoms in total. The molecule has 1 saturated heterocycles. The van der Waals surface area contributed by atoms with E-state index in [4.69, 9.17) is 13.9 Å². The summed E-state index contributed by atoms with van der Waals surface area (Å²) in [6.45, 7) is 1.00. The highest BCUT2D eigenvalue weighted by molar-refractivity contribution is 5.96. The highest BCUT2D eigenvalue weighted by Gasteiger charge is 2.31. The van der Waals surface area contributed by atoms with Crippen molar-refractivity contribution in [1.29, 1.82) is 0 Å². The van der Waals surface area contributed by atoms with E-state index in [1.807, 2.05) is 6.07 Å². The van der Waals surface area contributed by atoms with Crippen LogP contribution in [0.25, 0.3) is 11.0 Å². The van der Waals surface area contributed by atoms with Crippen LogP contribution >= 0.6 is 0 Å². The van der Waals surface area contributed by atoms with Crippen LogP contribution in [-0.4, -0.2) is 56.7 Å². The molecule has 4 rings (SSSR count). The number of furan rings is 1. The third kappa shape index (κ3) is 5.01. The monoisotopic (exact) mass is 476 g/mol. The molecular formula is C24H23F3N2O5. The Morgan fingerprint density at radius 1 is 1.03 bits per heavy atom. The summed E-state index contributed by atoms with van der Waals surface area (Å²) in [5, 5.41) is 0.730. The number of halogens is 3. The summed E-state index contributed by atoms with van der Waals surface area (Å²) in [5.74, 6) is -1.16. The normalized spacial score (nSPS) is 14.5. The fourth-order valence-electron chi connectivity index (χ4n) is 3.93. The second kappa shape index (κ2) is 9.76. The Morgan fingerprint density at radius 3 is 2.47 bits per heavy atom. The number of amides is 1. The van der Waals surface area contributed by atoms with Gasteiger partial charge < -0.3 is 23.7 Å². The third-order valence-electron chi connectivity index (χ3n) is 5.67. The number of esters is 1. The first kappa shape index (κ1) is 23.6. The number of carbonyl (C=O) groups excluding carboxylic acids is 2. The van der Waals surface area contributed by atoms with Gasteiger partial charge in [-0.05, 0) is 24.3 Å². The van der Waals surface area contributed by atoms with Gasteiger partial charge in [0.2, 0.25) is 5.76 Å². The molecule has 0 aliphatic carbocycles. The maximum absolute atomic E-state index is 13.0. The Labute approximate surface area is 193 Å². The number of methoxy groups -OCH3 is 1. The molecule has 34 heavy (non-hydrogen) atoms. The van der Waals surface area contributed by atoms with Gasteiger partial charge >= 0.3 is 12.1 Å². The summed E-state index contributed by atoms with van der Waals surface area (Å²) in [4.78, 5) is 28.5. The zero-order valence-corrected chi connectivity index (χ0v) is 18.4. The second-order valence-corrected chi connectivity index (χ2v) is 7.83. The van der Waals surface area contributed by atoms with Crippen LogP contribution in [0.4, 0.5) is 18.9 Å². The number of para-hydroxylation sites is 1. The Bertz CT molecular complexity index is 1180. The lowest BCUT2D eigenvalue weighted by molar-refractivity contribution is -0.137. The Hall–Kier alpha value is -3.53. The number of anilines is 1. The van der Waals surface area contributed by atoms with E-state index < -0.39 is 24.3 Å². The molecule has 0 bridgehead atoms. The smallest absolute Gasteiger partial charge is 0.416 e. The number of rotatable bonds is 6. The van der Waals surface area contributed by atoms with Crippen molar-refractivity contribution in [3.8, 4) is 0 Å². The van der Waals surface area contributed by atoms with E-state index in [2.05, 4.69) is 0 Å². The molecule has 0 atom stereocenters. The van der Waals surface area contributed by atoms with Gasteiger partial charge in [-0.25, -0.2) is 4.79 Å². The van der Waals surface area contributed by atoms with Gasteiger partial charge in [0.05, 0.1) is 12.2 Å². The average Bonchev–Trinajstić information content (AvgIpc) is 3.21. The van der Waals surface area contributed by atoms with E-state index in [1.165, 1.54) is 18.1 Å². The van der Waals surface area contributed by atoms with E-state index in [9.17, 15) is 22.8 Å². The number of ether oxygens (including phenoxy) is 2. The SMILES string of the molecule is COCc1c(C(=O)OCC(=O)N2CCN(c3cccc(C(F)(F)F)c3)CC2)oc2ccccc12. The standard InChI is InChI=1S/C24H23F3N2O5/c1-32-14-19-18-7-2-3-8-20(18)34-22(19)23(31)33-15-21(30)29-11-9-28(10-12-29)17-6-4-5-16(13-17)24(25,26)27/h2-8,13H,9-12,14-15H2,1H3. The summed E-state index contributed by atoms with van der Waals surface area (Å²) in [6, 6.07) is 12.2. The van der Waals surface area contributed by atoms with Gasteiger partial charge in [-0.3, -0.25) is 4.79 Å². The van der Waals surface area contributed by atoms with Crippen molar-refractivity contribution < 1.29 is 36.7 Å². The molecule has 0 spiro atoms. The van der Waals surface area contributed by atoms with Crippen LogP contribution in [0, 0.1) is 0 Å². The van der Waals surface area contributed by atoms with Crippen molar-refractivity contribution in [1.82, 2.24) is 4.90 Å². The van der Waals surface area contributed by atoms with Gasteiger partial charge in [0.25, 0.3) is 5.91 Å². The van der Waals surface area contributed by atoms with Crippen molar-refractivity contribution in [2.24, 2.45) is 0 Å². The molecule has 3 aromatic rings. The van der Waals surface area contributed by atoms with E-state index in [0.717, 1.165) is 17.5 Å². The topological polar surface area (TPSA) is 72.2 Å². The molecule has 180 valence electrons. The summed E-state index contributed by atoms with van der Waals surface area (Å²) >= 11 is 0. The maximum atomic E-state index is 13.0. The fourth-order valence-corrected chi connectivity index (χ4v) is 3.93. The highest BCUT2D eigenvalue weighted by atomic mass is 19.4. The summed E-state index contributed by atoms with van der Waals surface area (Å²) in [5.41, 5.74) is 0.793. The van der Waals surface area contributed by atoms with Crippen molar-refractivity contribution in [2.75, 3.05) is 44.8 Å². The summed E-state index contributed by atoms with van der Waals surface area (Å²) in [6.07, 6.45) is -4.42. The number of piperazine rings is 1. The molecule has 1 aromatic heterocycles. The molecule has 0 saturated carbocycles. The summed E-state index contributed by atoms with van der Waals surface area (Å²) < 4.78 is 54.9. The molecule has 1 aliphatic rings. The number of fused-ring (bicyclic) bond motifs is 1. The quantitative estimate of drug-likeness (QED) is 0.499.